The summed E-state index contributed by atoms with van der Waals surface area (Å²) in [6, 6.07) is 24.3. The van der Waals surface area contributed by atoms with Gasteiger partial charge in [0.1, 0.15) is 0 Å². The van der Waals surface area contributed by atoms with E-state index in [-0.39, 0.29) is 5.78 Å². The maximum absolute atomic E-state index is 13.7. The predicted molar refractivity (Wildman–Crippen MR) is 141 cm³/mol. The fourth-order valence-electron chi connectivity index (χ4n) is 5.87. The van der Waals surface area contributed by atoms with Gasteiger partial charge in [0.05, 0.1) is 30.0 Å². The van der Waals surface area contributed by atoms with Crippen LogP contribution in [0.15, 0.2) is 89.6 Å². The van der Waals surface area contributed by atoms with Crippen molar-refractivity contribution < 1.29 is 14.3 Å². The molecule has 1 aliphatic carbocycles. The number of esters is 1. The molecule has 36 heavy (non-hydrogen) atoms. The quantitative estimate of drug-likeness (QED) is 0.371. The first kappa shape index (κ1) is 22.1. The molecule has 0 fully saturated rings. The Hall–Kier alpha value is -4.38. The second kappa shape index (κ2) is 8.09. The lowest BCUT2D eigenvalue weighted by Gasteiger charge is -2.29. The number of dihydropyridines is 1. The molecule has 1 aliphatic heterocycles. The number of carbonyl (C=O) groups is 2. The number of benzene rings is 3. The van der Waals surface area contributed by atoms with Gasteiger partial charge in [0.15, 0.2) is 5.78 Å². The van der Waals surface area contributed by atoms with Gasteiger partial charge in [-0.1, -0.05) is 60.7 Å². The maximum Gasteiger partial charge on any atom is 0.336 e. The molecule has 0 radical (unpaired) electrons. The summed E-state index contributed by atoms with van der Waals surface area (Å²) < 4.78 is 7.43. The highest BCUT2D eigenvalue weighted by Crippen LogP contribution is 2.48. The van der Waals surface area contributed by atoms with Crippen LogP contribution >= 0.6 is 0 Å². The Morgan fingerprint density at radius 3 is 2.39 bits per heavy atom. The molecule has 178 valence electrons. The summed E-state index contributed by atoms with van der Waals surface area (Å²) in [4.78, 5) is 26.9. The molecule has 0 bridgehead atoms. The molecule has 0 unspecified atom stereocenters. The minimum Gasteiger partial charge on any atom is -0.466 e. The van der Waals surface area contributed by atoms with Crippen molar-refractivity contribution in [1.29, 1.82) is 0 Å². The number of hydrogen-bond donors (Lipinski definition) is 1. The van der Waals surface area contributed by atoms with Crippen LogP contribution in [0.2, 0.25) is 0 Å². The first-order chi connectivity index (χ1) is 17.4. The number of rotatable bonds is 3. The number of ketones is 1. The number of aryl methyl sites for hydroxylation is 1. The fourth-order valence-corrected chi connectivity index (χ4v) is 5.87. The third-order valence-corrected chi connectivity index (χ3v) is 7.44. The maximum atomic E-state index is 13.7. The number of hydrogen-bond acceptors (Lipinski definition) is 4. The summed E-state index contributed by atoms with van der Waals surface area (Å²) in [6.07, 6.45) is 0. The minimum absolute atomic E-state index is 0.0537. The summed E-state index contributed by atoms with van der Waals surface area (Å²) in [5, 5.41) is 5.65. The van der Waals surface area contributed by atoms with Crippen molar-refractivity contribution in [3.8, 4) is 5.69 Å². The van der Waals surface area contributed by atoms with Gasteiger partial charge < -0.3 is 14.6 Å². The van der Waals surface area contributed by atoms with Gasteiger partial charge in [0.2, 0.25) is 0 Å². The molecule has 0 spiro atoms. The SMILES string of the molecule is COC(=O)C1=C(C)NC2=C(C(=O)c3ccccc32)[C@H]1c1cc(C)n(-c2cccc3ccccc23)c1C. The van der Waals surface area contributed by atoms with Crippen LogP contribution in [0, 0.1) is 13.8 Å². The molecule has 0 saturated heterocycles. The van der Waals surface area contributed by atoms with Crippen molar-refractivity contribution in [3.05, 3.63) is 118 Å². The average Bonchev–Trinajstić information content (AvgIpc) is 3.35. The van der Waals surface area contributed by atoms with Crippen molar-refractivity contribution in [2.24, 2.45) is 0 Å². The Morgan fingerprint density at radius 2 is 1.61 bits per heavy atom. The fraction of sp³-hybridized carbons (Fsp3) is 0.161. The third kappa shape index (κ3) is 3.02. The first-order valence-electron chi connectivity index (χ1n) is 12.0. The zero-order chi connectivity index (χ0) is 25.1. The van der Waals surface area contributed by atoms with E-state index < -0.39 is 11.9 Å². The Morgan fingerprint density at radius 1 is 0.917 bits per heavy atom. The second-order valence-electron chi connectivity index (χ2n) is 9.41. The van der Waals surface area contributed by atoms with Crippen molar-refractivity contribution in [2.75, 3.05) is 7.11 Å². The van der Waals surface area contributed by atoms with E-state index >= 15 is 0 Å². The standard InChI is InChI=1S/C31H26N2O3/c1-17-16-24(19(3)33(17)25-15-9-11-20-10-5-6-12-21(20)25)27-26(31(35)36-4)18(2)32-29-22-13-7-8-14-23(22)30(34)28(27)29/h5-16,27,32H,1-4H3/t27-/m0/s1. The molecule has 6 rings (SSSR count). The van der Waals surface area contributed by atoms with E-state index in [1.165, 1.54) is 7.11 Å². The van der Waals surface area contributed by atoms with Gasteiger partial charge >= 0.3 is 5.97 Å². The van der Waals surface area contributed by atoms with Crippen LogP contribution in [-0.4, -0.2) is 23.4 Å². The van der Waals surface area contributed by atoms with E-state index in [1.54, 1.807) is 0 Å². The van der Waals surface area contributed by atoms with Gasteiger partial charge in [-0.15, -0.1) is 0 Å². The molecule has 1 N–H and O–H groups in total. The number of fused-ring (bicyclic) bond motifs is 3. The number of Topliss-reactive ketones (excluding diaryl/α,β-unsaturated/α-hetero) is 1. The van der Waals surface area contributed by atoms with Crippen molar-refractivity contribution in [1.82, 2.24) is 9.88 Å². The second-order valence-corrected chi connectivity index (χ2v) is 9.41. The molecule has 1 atom stereocenters. The van der Waals surface area contributed by atoms with E-state index in [4.69, 9.17) is 4.74 Å². The topological polar surface area (TPSA) is 60.3 Å². The molecule has 4 aromatic rings. The normalized spacial score (nSPS) is 16.8. The number of allylic oxidation sites excluding steroid dienone is 2. The molecule has 0 saturated carbocycles. The lowest BCUT2D eigenvalue weighted by molar-refractivity contribution is -0.136. The highest BCUT2D eigenvalue weighted by atomic mass is 16.5. The van der Waals surface area contributed by atoms with E-state index in [0.29, 0.717) is 22.4 Å². The highest BCUT2D eigenvalue weighted by molar-refractivity contribution is 6.23. The molecule has 5 nitrogen and oxygen atoms in total. The monoisotopic (exact) mass is 474 g/mol. The van der Waals surface area contributed by atoms with Crippen LogP contribution in [0.5, 0.6) is 0 Å². The average molecular weight is 475 g/mol. The molecule has 2 aliphatic rings. The van der Waals surface area contributed by atoms with E-state index in [2.05, 4.69) is 60.1 Å². The van der Waals surface area contributed by atoms with Crippen molar-refractivity contribution in [2.45, 2.75) is 26.7 Å². The number of nitrogens with one attached hydrogen (secondary N) is 1. The van der Waals surface area contributed by atoms with Crippen molar-refractivity contribution >= 4 is 28.2 Å². The van der Waals surface area contributed by atoms with Gasteiger partial charge in [-0.3, -0.25) is 4.79 Å². The predicted octanol–water partition coefficient (Wildman–Crippen LogP) is 5.99. The molecule has 1 aromatic heterocycles. The Labute approximate surface area is 209 Å². The number of methoxy groups -OCH3 is 1. The van der Waals surface area contributed by atoms with E-state index in [9.17, 15) is 9.59 Å². The highest BCUT2D eigenvalue weighted by Gasteiger charge is 2.43. The Kier molecular flexibility index (Phi) is 4.97. The summed E-state index contributed by atoms with van der Waals surface area (Å²) in [5.41, 5.74) is 8.08. The van der Waals surface area contributed by atoms with Crippen molar-refractivity contribution in [3.63, 3.8) is 0 Å². The van der Waals surface area contributed by atoms with Crippen LogP contribution in [0.25, 0.3) is 22.2 Å². The number of carbonyl (C=O) groups excluding carboxylic acids is 2. The number of nitrogens with zero attached hydrogens (tertiary/aromatic N) is 1. The van der Waals surface area contributed by atoms with Crippen LogP contribution in [0.1, 0.15) is 45.7 Å². The lowest BCUT2D eigenvalue weighted by Crippen LogP contribution is -2.29. The zero-order valence-corrected chi connectivity index (χ0v) is 20.7. The van der Waals surface area contributed by atoms with Gasteiger partial charge in [-0.25, -0.2) is 4.79 Å². The van der Waals surface area contributed by atoms with Crippen LogP contribution in [0.3, 0.4) is 0 Å². The third-order valence-electron chi connectivity index (χ3n) is 7.44. The van der Waals surface area contributed by atoms with Gasteiger partial charge in [-0.2, -0.15) is 0 Å². The summed E-state index contributed by atoms with van der Waals surface area (Å²) in [7, 11) is 1.38. The lowest BCUT2D eigenvalue weighted by atomic mass is 9.79. The molecule has 5 heteroatoms. The van der Waals surface area contributed by atoms with Crippen LogP contribution in [0.4, 0.5) is 0 Å². The molecular formula is C31H26N2O3. The molecular weight excluding hydrogens is 448 g/mol. The Balaban J connectivity index is 1.61. The summed E-state index contributed by atoms with van der Waals surface area (Å²) in [6.45, 7) is 6.00. The van der Waals surface area contributed by atoms with Gasteiger partial charge in [0, 0.05) is 39.2 Å². The van der Waals surface area contributed by atoms with Crippen LogP contribution < -0.4 is 5.32 Å². The van der Waals surface area contributed by atoms with Gasteiger partial charge in [0.25, 0.3) is 0 Å². The zero-order valence-electron chi connectivity index (χ0n) is 20.7. The molecule has 0 amide bonds. The Bertz CT molecular complexity index is 1660. The number of aromatic nitrogens is 1. The van der Waals surface area contributed by atoms with E-state index in [1.807, 2.05) is 43.3 Å². The number of ether oxygens (including phenoxy) is 1. The largest absolute Gasteiger partial charge is 0.466 e. The minimum atomic E-state index is -0.538. The smallest absolute Gasteiger partial charge is 0.336 e. The van der Waals surface area contributed by atoms with Crippen LogP contribution in [-0.2, 0) is 9.53 Å². The van der Waals surface area contributed by atoms with E-state index in [0.717, 1.165) is 44.7 Å². The molecule has 3 aromatic carbocycles. The summed E-state index contributed by atoms with van der Waals surface area (Å²) >= 11 is 0. The summed E-state index contributed by atoms with van der Waals surface area (Å²) in [5.74, 6) is -1.03. The molecule has 2 heterocycles. The van der Waals surface area contributed by atoms with Gasteiger partial charge in [-0.05, 0) is 43.9 Å². The first-order valence-corrected chi connectivity index (χ1v) is 12.0.